The molecule has 0 saturated carbocycles. The van der Waals surface area contributed by atoms with Gasteiger partial charge in [-0.2, -0.15) is 10.2 Å². The molecule has 2 heterocycles. The lowest BCUT2D eigenvalue weighted by Crippen LogP contribution is -2.20. The Hall–Kier alpha value is -4.77. The largest absolute Gasteiger partial charge is 0.438 e. The van der Waals surface area contributed by atoms with Crippen LogP contribution in [0.15, 0.2) is 77.2 Å². The van der Waals surface area contributed by atoms with Crippen LogP contribution in [0.4, 0.5) is 10.1 Å². The number of hydrogen-bond donors (Lipinski definition) is 1. The third-order valence-electron chi connectivity index (χ3n) is 5.04. The Morgan fingerprint density at radius 1 is 1.12 bits per heavy atom. The zero-order valence-corrected chi connectivity index (χ0v) is 18.4. The Morgan fingerprint density at radius 2 is 1.82 bits per heavy atom. The van der Waals surface area contributed by atoms with Crippen LogP contribution in [0.25, 0.3) is 11.7 Å². The summed E-state index contributed by atoms with van der Waals surface area (Å²) in [5.74, 6) is -1.01. The van der Waals surface area contributed by atoms with Gasteiger partial charge in [-0.05, 0) is 68.0 Å². The van der Waals surface area contributed by atoms with Crippen LogP contribution in [-0.2, 0) is 4.79 Å². The number of aromatic nitrogens is 2. The SMILES string of the molecule is Cc1ccc(NC(=O)C(C#N)=Cc2c(Oc3ccc(F)cc3)nc3c(C)cccn3c2=O)cc1. The Kier molecular flexibility index (Phi) is 6.19. The van der Waals surface area contributed by atoms with Gasteiger partial charge in [-0.3, -0.25) is 14.0 Å². The molecule has 2 aromatic carbocycles. The van der Waals surface area contributed by atoms with Crippen molar-refractivity contribution in [2.75, 3.05) is 5.32 Å². The molecule has 1 amide bonds. The highest BCUT2D eigenvalue weighted by molar-refractivity contribution is 6.09. The minimum absolute atomic E-state index is 0.0944. The normalized spacial score (nSPS) is 11.2. The zero-order valence-electron chi connectivity index (χ0n) is 18.4. The van der Waals surface area contributed by atoms with Crippen molar-refractivity contribution in [3.63, 3.8) is 0 Å². The van der Waals surface area contributed by atoms with Crippen LogP contribution in [0, 0.1) is 31.0 Å². The van der Waals surface area contributed by atoms with E-state index in [1.807, 2.05) is 25.1 Å². The van der Waals surface area contributed by atoms with Gasteiger partial charge in [0.15, 0.2) is 0 Å². The van der Waals surface area contributed by atoms with Crippen LogP contribution in [0.5, 0.6) is 11.6 Å². The molecule has 0 saturated heterocycles. The van der Waals surface area contributed by atoms with Crippen molar-refractivity contribution < 1.29 is 13.9 Å². The second-order valence-corrected chi connectivity index (χ2v) is 7.57. The van der Waals surface area contributed by atoms with Gasteiger partial charge >= 0.3 is 0 Å². The van der Waals surface area contributed by atoms with Crippen LogP contribution >= 0.6 is 0 Å². The van der Waals surface area contributed by atoms with Gasteiger partial charge in [0.05, 0.1) is 0 Å². The molecule has 4 aromatic rings. The number of rotatable bonds is 5. The number of nitrogens with one attached hydrogen (secondary N) is 1. The topological polar surface area (TPSA) is 96.5 Å². The summed E-state index contributed by atoms with van der Waals surface area (Å²) in [6, 6.07) is 17.6. The fraction of sp³-hybridized carbons (Fsp3) is 0.0769. The number of ether oxygens (including phenoxy) is 1. The van der Waals surface area contributed by atoms with Gasteiger partial charge in [-0.1, -0.05) is 23.8 Å². The fourth-order valence-corrected chi connectivity index (χ4v) is 3.24. The molecule has 0 atom stereocenters. The molecular weight excluding hydrogens is 435 g/mol. The van der Waals surface area contributed by atoms with Gasteiger partial charge in [0.1, 0.15) is 34.4 Å². The number of carbonyl (C=O) groups excluding carboxylic acids is 1. The number of benzene rings is 2. The van der Waals surface area contributed by atoms with E-state index in [1.165, 1.54) is 34.9 Å². The number of nitrogens with zero attached hydrogens (tertiary/aromatic N) is 3. The highest BCUT2D eigenvalue weighted by Crippen LogP contribution is 2.25. The number of nitriles is 1. The molecule has 8 heteroatoms. The molecule has 0 radical (unpaired) electrons. The highest BCUT2D eigenvalue weighted by Gasteiger charge is 2.18. The number of anilines is 1. The number of fused-ring (bicyclic) bond motifs is 1. The summed E-state index contributed by atoms with van der Waals surface area (Å²) in [6.45, 7) is 3.70. The van der Waals surface area contributed by atoms with Gasteiger partial charge in [0.25, 0.3) is 11.5 Å². The van der Waals surface area contributed by atoms with Gasteiger partial charge in [0.2, 0.25) is 5.88 Å². The van der Waals surface area contributed by atoms with Crippen LogP contribution < -0.4 is 15.6 Å². The molecule has 4 rings (SSSR count). The Bertz CT molecular complexity index is 1520. The molecule has 0 bridgehead atoms. The smallest absolute Gasteiger partial charge is 0.269 e. The van der Waals surface area contributed by atoms with Crippen molar-refractivity contribution in [2.24, 2.45) is 0 Å². The summed E-state index contributed by atoms with van der Waals surface area (Å²) in [5, 5.41) is 12.3. The van der Waals surface area contributed by atoms with Crippen molar-refractivity contribution in [3.05, 3.63) is 105 Å². The molecule has 34 heavy (non-hydrogen) atoms. The van der Waals surface area contributed by atoms with Crippen LogP contribution in [-0.4, -0.2) is 15.3 Å². The molecule has 1 N–H and O–H groups in total. The van der Waals surface area contributed by atoms with Crippen molar-refractivity contribution in [3.8, 4) is 17.7 Å². The first-order chi connectivity index (χ1) is 16.4. The summed E-state index contributed by atoms with van der Waals surface area (Å²) in [6.07, 6.45) is 2.68. The third-order valence-corrected chi connectivity index (χ3v) is 5.04. The van der Waals surface area contributed by atoms with Gasteiger partial charge in [-0.15, -0.1) is 0 Å². The quantitative estimate of drug-likeness (QED) is 0.346. The first-order valence-corrected chi connectivity index (χ1v) is 10.3. The van der Waals surface area contributed by atoms with Gasteiger partial charge < -0.3 is 10.1 Å². The monoisotopic (exact) mass is 454 g/mol. The standard InChI is InChI=1S/C26H19FN4O3/c1-16-5-9-20(10-6-16)29-24(32)18(15-28)14-22-25(34-21-11-7-19(27)8-12-21)30-23-17(2)4-3-13-31(23)26(22)33/h3-14H,1-2H3,(H,29,32). The van der Waals surface area contributed by atoms with Gasteiger partial charge in [-0.25, -0.2) is 4.39 Å². The highest BCUT2D eigenvalue weighted by atomic mass is 19.1. The van der Waals surface area contributed by atoms with E-state index in [0.29, 0.717) is 11.3 Å². The lowest BCUT2D eigenvalue weighted by Gasteiger charge is -2.11. The summed E-state index contributed by atoms with van der Waals surface area (Å²) < 4.78 is 20.4. The van der Waals surface area contributed by atoms with E-state index in [9.17, 15) is 19.2 Å². The van der Waals surface area contributed by atoms with E-state index in [-0.39, 0.29) is 22.8 Å². The Morgan fingerprint density at radius 3 is 2.50 bits per heavy atom. The Labute approximate surface area is 194 Å². The molecule has 0 fully saturated rings. The molecule has 2 aromatic heterocycles. The van der Waals surface area contributed by atoms with Crippen LogP contribution in [0.2, 0.25) is 0 Å². The molecule has 0 spiro atoms. The fourth-order valence-electron chi connectivity index (χ4n) is 3.24. The molecule has 0 aliphatic heterocycles. The van der Waals surface area contributed by atoms with Gasteiger partial charge in [0, 0.05) is 11.9 Å². The summed E-state index contributed by atoms with van der Waals surface area (Å²) >= 11 is 0. The maximum Gasteiger partial charge on any atom is 0.269 e. The second-order valence-electron chi connectivity index (χ2n) is 7.57. The molecule has 0 unspecified atom stereocenters. The lowest BCUT2D eigenvalue weighted by molar-refractivity contribution is -0.112. The van der Waals surface area contributed by atoms with E-state index in [1.54, 1.807) is 31.2 Å². The first-order valence-electron chi connectivity index (χ1n) is 10.3. The zero-order chi connectivity index (χ0) is 24.2. The molecule has 7 nitrogen and oxygen atoms in total. The van der Waals surface area contributed by atoms with Crippen molar-refractivity contribution in [1.82, 2.24) is 9.38 Å². The number of pyridine rings is 1. The maximum absolute atomic E-state index is 13.3. The number of halogens is 1. The van der Waals surface area contributed by atoms with E-state index in [2.05, 4.69) is 10.3 Å². The van der Waals surface area contributed by atoms with Crippen molar-refractivity contribution >= 4 is 23.3 Å². The lowest BCUT2D eigenvalue weighted by atomic mass is 10.1. The van der Waals surface area contributed by atoms with Crippen molar-refractivity contribution in [2.45, 2.75) is 13.8 Å². The predicted octanol–water partition coefficient (Wildman–Crippen LogP) is 4.79. The molecule has 0 aliphatic carbocycles. The maximum atomic E-state index is 13.3. The number of hydrogen-bond acceptors (Lipinski definition) is 5. The van der Waals surface area contributed by atoms with E-state index < -0.39 is 17.3 Å². The second kappa shape index (κ2) is 9.38. The minimum atomic E-state index is -0.687. The van der Waals surface area contributed by atoms with Crippen molar-refractivity contribution in [1.29, 1.82) is 5.26 Å². The molecule has 168 valence electrons. The van der Waals surface area contributed by atoms with E-state index in [4.69, 9.17) is 4.74 Å². The number of carbonyl (C=O) groups is 1. The average molecular weight is 454 g/mol. The predicted molar refractivity (Wildman–Crippen MR) is 126 cm³/mol. The summed E-state index contributed by atoms with van der Waals surface area (Å²) in [5.41, 5.74) is 1.66. The summed E-state index contributed by atoms with van der Waals surface area (Å²) in [4.78, 5) is 30.5. The Balaban J connectivity index is 1.82. The minimum Gasteiger partial charge on any atom is -0.438 e. The van der Waals surface area contributed by atoms with E-state index in [0.717, 1.165) is 17.2 Å². The van der Waals surface area contributed by atoms with E-state index >= 15 is 0 Å². The number of aryl methyl sites for hydroxylation is 2. The number of amides is 1. The average Bonchev–Trinajstić information content (AvgIpc) is 2.82. The molecular formula is C26H19FN4O3. The summed E-state index contributed by atoms with van der Waals surface area (Å²) in [7, 11) is 0. The third kappa shape index (κ3) is 4.69. The first kappa shape index (κ1) is 22.4. The van der Waals surface area contributed by atoms with Crippen LogP contribution in [0.3, 0.4) is 0 Å². The molecule has 0 aliphatic rings. The van der Waals surface area contributed by atoms with Crippen LogP contribution in [0.1, 0.15) is 16.7 Å².